The van der Waals surface area contributed by atoms with E-state index >= 15 is 0 Å². The second-order valence-electron chi connectivity index (χ2n) is 4.57. The first-order valence-corrected chi connectivity index (χ1v) is 5.95. The zero-order chi connectivity index (χ0) is 12.3. The third kappa shape index (κ3) is 2.97. The van der Waals surface area contributed by atoms with Gasteiger partial charge in [-0.25, -0.2) is 0 Å². The molecule has 0 spiro atoms. The van der Waals surface area contributed by atoms with Crippen molar-refractivity contribution < 1.29 is 9.90 Å². The summed E-state index contributed by atoms with van der Waals surface area (Å²) in [6.07, 6.45) is 1.12. The molecule has 0 bridgehead atoms. The zero-order valence-corrected chi connectivity index (χ0v) is 9.99. The number of carbonyl (C=O) groups is 1. The van der Waals surface area contributed by atoms with Crippen LogP contribution >= 0.6 is 0 Å². The topological polar surface area (TPSA) is 61.4 Å². The molecule has 0 radical (unpaired) electrons. The van der Waals surface area contributed by atoms with Gasteiger partial charge in [0.05, 0.1) is 0 Å². The van der Waals surface area contributed by atoms with Crippen molar-refractivity contribution in [1.82, 2.24) is 10.6 Å². The molecule has 1 saturated heterocycles. The van der Waals surface area contributed by atoms with E-state index in [-0.39, 0.29) is 11.7 Å². The van der Waals surface area contributed by atoms with Crippen molar-refractivity contribution in [1.29, 1.82) is 0 Å². The molecule has 4 nitrogen and oxygen atoms in total. The van der Waals surface area contributed by atoms with Crippen molar-refractivity contribution in [2.24, 2.45) is 5.92 Å². The Balaban J connectivity index is 1.92. The molecule has 1 aliphatic heterocycles. The predicted octanol–water partition coefficient (Wildman–Crippen LogP) is 1.04. The Morgan fingerprint density at radius 3 is 3.06 bits per heavy atom. The highest BCUT2D eigenvalue weighted by atomic mass is 16.3. The summed E-state index contributed by atoms with van der Waals surface area (Å²) in [5, 5.41) is 15.6. The van der Waals surface area contributed by atoms with Crippen molar-refractivity contribution in [3.63, 3.8) is 0 Å². The summed E-state index contributed by atoms with van der Waals surface area (Å²) >= 11 is 0. The molecule has 4 heteroatoms. The lowest BCUT2D eigenvalue weighted by atomic mass is 10.1. The number of phenols is 1. The molecule has 0 saturated carbocycles. The van der Waals surface area contributed by atoms with E-state index in [1.165, 1.54) is 0 Å². The minimum atomic E-state index is -0.0694. The summed E-state index contributed by atoms with van der Waals surface area (Å²) in [6, 6.07) is 4.91. The average Bonchev–Trinajstić information content (AvgIpc) is 2.82. The fourth-order valence-electron chi connectivity index (χ4n) is 2.02. The number of carbonyl (C=O) groups excluding carboxylic acids is 1. The maximum atomic E-state index is 11.9. The van der Waals surface area contributed by atoms with E-state index in [0.717, 1.165) is 25.1 Å². The van der Waals surface area contributed by atoms with Gasteiger partial charge in [0.2, 0.25) is 0 Å². The van der Waals surface area contributed by atoms with Gasteiger partial charge in [-0.1, -0.05) is 0 Å². The van der Waals surface area contributed by atoms with Gasteiger partial charge >= 0.3 is 0 Å². The van der Waals surface area contributed by atoms with Crippen LogP contribution in [0.3, 0.4) is 0 Å². The van der Waals surface area contributed by atoms with Gasteiger partial charge in [0.15, 0.2) is 0 Å². The highest BCUT2D eigenvalue weighted by Gasteiger charge is 2.15. The van der Waals surface area contributed by atoms with Crippen LogP contribution in [0.4, 0.5) is 0 Å². The van der Waals surface area contributed by atoms with Crippen molar-refractivity contribution in [3.8, 4) is 5.75 Å². The van der Waals surface area contributed by atoms with Gasteiger partial charge in [0, 0.05) is 12.1 Å². The van der Waals surface area contributed by atoms with Crippen LogP contribution in [0.25, 0.3) is 0 Å². The summed E-state index contributed by atoms with van der Waals surface area (Å²) in [5.74, 6) is 0.693. The monoisotopic (exact) mass is 234 g/mol. The Hall–Kier alpha value is -1.55. The quantitative estimate of drug-likeness (QED) is 0.732. The van der Waals surface area contributed by atoms with Gasteiger partial charge in [-0.15, -0.1) is 0 Å². The number of nitrogens with one attached hydrogen (secondary N) is 2. The van der Waals surface area contributed by atoms with Gasteiger partial charge in [-0.2, -0.15) is 0 Å². The molecule has 0 aliphatic carbocycles. The second-order valence-corrected chi connectivity index (χ2v) is 4.57. The first-order valence-electron chi connectivity index (χ1n) is 5.95. The summed E-state index contributed by atoms with van der Waals surface area (Å²) in [4.78, 5) is 11.9. The predicted molar refractivity (Wildman–Crippen MR) is 66.2 cm³/mol. The van der Waals surface area contributed by atoms with E-state index in [1.54, 1.807) is 25.1 Å². The van der Waals surface area contributed by atoms with Gasteiger partial charge in [-0.3, -0.25) is 4.79 Å². The highest BCUT2D eigenvalue weighted by molar-refractivity contribution is 5.94. The van der Waals surface area contributed by atoms with Gasteiger partial charge in [-0.05, 0) is 56.1 Å². The Labute approximate surface area is 101 Å². The van der Waals surface area contributed by atoms with E-state index in [4.69, 9.17) is 0 Å². The van der Waals surface area contributed by atoms with Crippen LogP contribution in [0.5, 0.6) is 5.75 Å². The molecule has 1 aromatic rings. The van der Waals surface area contributed by atoms with Crippen molar-refractivity contribution in [2.75, 3.05) is 19.6 Å². The first kappa shape index (κ1) is 11.9. The fraction of sp³-hybridized carbons (Fsp3) is 0.462. The standard InChI is InChI=1S/C13H18N2O2/c1-9-6-11(2-3-12(9)16)13(17)15-8-10-4-5-14-7-10/h2-3,6,10,14,16H,4-5,7-8H2,1H3,(H,15,17). The van der Waals surface area contributed by atoms with Gasteiger partial charge in [0.25, 0.3) is 5.91 Å². The maximum absolute atomic E-state index is 11.9. The van der Waals surface area contributed by atoms with E-state index in [1.807, 2.05) is 0 Å². The van der Waals surface area contributed by atoms with Crippen LogP contribution in [0.15, 0.2) is 18.2 Å². The molecule has 3 N–H and O–H groups in total. The normalized spacial score (nSPS) is 19.2. The number of aromatic hydroxyl groups is 1. The van der Waals surface area contributed by atoms with Crippen LogP contribution in [0, 0.1) is 12.8 Å². The molecule has 0 aromatic heterocycles. The van der Waals surface area contributed by atoms with Gasteiger partial charge in [0.1, 0.15) is 5.75 Å². The Morgan fingerprint density at radius 1 is 1.59 bits per heavy atom. The third-order valence-electron chi connectivity index (χ3n) is 3.17. The SMILES string of the molecule is Cc1cc(C(=O)NCC2CCNC2)ccc1O. The fourth-order valence-corrected chi connectivity index (χ4v) is 2.02. The number of amides is 1. The van der Waals surface area contributed by atoms with Crippen LogP contribution in [0.1, 0.15) is 22.3 Å². The Morgan fingerprint density at radius 2 is 2.41 bits per heavy atom. The molecular weight excluding hydrogens is 216 g/mol. The lowest BCUT2D eigenvalue weighted by molar-refractivity contribution is 0.0948. The number of hydrogen-bond acceptors (Lipinski definition) is 3. The first-order chi connectivity index (χ1) is 8.16. The summed E-state index contributed by atoms with van der Waals surface area (Å²) in [6.45, 7) is 4.52. The van der Waals surface area contributed by atoms with Crippen LogP contribution in [0.2, 0.25) is 0 Å². The average molecular weight is 234 g/mol. The highest BCUT2D eigenvalue weighted by Crippen LogP contribution is 2.17. The molecule has 1 aromatic carbocycles. The van der Waals surface area contributed by atoms with Crippen molar-refractivity contribution >= 4 is 5.91 Å². The Bertz CT molecular complexity index is 412. The molecule has 92 valence electrons. The number of phenolic OH excluding ortho intramolecular Hbond substituents is 1. The lowest BCUT2D eigenvalue weighted by Gasteiger charge is -2.10. The molecule has 1 aliphatic rings. The Kier molecular flexibility index (Phi) is 3.64. The smallest absolute Gasteiger partial charge is 0.251 e. The zero-order valence-electron chi connectivity index (χ0n) is 9.99. The number of hydrogen-bond donors (Lipinski definition) is 3. The number of benzene rings is 1. The van der Waals surface area contributed by atoms with E-state index < -0.39 is 0 Å². The largest absolute Gasteiger partial charge is 0.508 e. The molecular formula is C13H18N2O2. The van der Waals surface area contributed by atoms with E-state index in [2.05, 4.69) is 10.6 Å². The molecule has 1 atom stereocenters. The minimum absolute atomic E-state index is 0.0694. The summed E-state index contributed by atoms with van der Waals surface area (Å²) in [7, 11) is 0. The molecule has 1 heterocycles. The number of rotatable bonds is 3. The maximum Gasteiger partial charge on any atom is 0.251 e. The number of aryl methyl sites for hydroxylation is 1. The molecule has 1 fully saturated rings. The lowest BCUT2D eigenvalue weighted by Crippen LogP contribution is -2.30. The summed E-state index contributed by atoms with van der Waals surface area (Å²) in [5.41, 5.74) is 1.33. The minimum Gasteiger partial charge on any atom is -0.508 e. The summed E-state index contributed by atoms with van der Waals surface area (Å²) < 4.78 is 0. The van der Waals surface area contributed by atoms with Crippen LogP contribution in [-0.4, -0.2) is 30.6 Å². The van der Waals surface area contributed by atoms with Gasteiger partial charge < -0.3 is 15.7 Å². The van der Waals surface area contributed by atoms with Crippen LogP contribution < -0.4 is 10.6 Å². The van der Waals surface area contributed by atoms with E-state index in [9.17, 15) is 9.90 Å². The van der Waals surface area contributed by atoms with Crippen molar-refractivity contribution in [3.05, 3.63) is 29.3 Å². The molecule has 1 unspecified atom stereocenters. The molecule has 2 rings (SSSR count). The van der Waals surface area contributed by atoms with Crippen molar-refractivity contribution in [2.45, 2.75) is 13.3 Å². The third-order valence-corrected chi connectivity index (χ3v) is 3.17. The second kappa shape index (κ2) is 5.19. The molecule has 1 amide bonds. The molecule has 17 heavy (non-hydrogen) atoms. The van der Waals surface area contributed by atoms with Crippen LogP contribution in [-0.2, 0) is 0 Å². The van der Waals surface area contributed by atoms with E-state index in [0.29, 0.717) is 18.0 Å².